The summed E-state index contributed by atoms with van der Waals surface area (Å²) in [5.41, 5.74) is 0. The minimum Gasteiger partial charge on any atom is -0.369 e. The average molecular weight is 318 g/mol. The molecule has 0 aromatic carbocycles. The highest BCUT2D eigenvalue weighted by Crippen LogP contribution is 2.27. The number of alkyl halides is 3. The third kappa shape index (κ3) is 4.73. The van der Waals surface area contributed by atoms with Crippen molar-refractivity contribution in [3.05, 3.63) is 11.4 Å². The van der Waals surface area contributed by atoms with E-state index in [9.17, 15) is 13.2 Å². The SMILES string of the molecule is CCNc1nc(NCCCCC(F)(F)F)c2ccsc2n1. The molecule has 21 heavy (non-hydrogen) atoms. The van der Waals surface area contributed by atoms with Crippen LogP contribution in [0.4, 0.5) is 24.9 Å². The zero-order valence-electron chi connectivity index (χ0n) is 11.6. The van der Waals surface area contributed by atoms with Crippen molar-refractivity contribution in [2.75, 3.05) is 23.7 Å². The molecule has 4 nitrogen and oxygen atoms in total. The van der Waals surface area contributed by atoms with E-state index < -0.39 is 12.6 Å². The van der Waals surface area contributed by atoms with Gasteiger partial charge in [-0.05, 0) is 31.2 Å². The smallest absolute Gasteiger partial charge is 0.369 e. The zero-order chi connectivity index (χ0) is 15.3. The number of nitrogens with zero attached hydrogens (tertiary/aromatic N) is 2. The topological polar surface area (TPSA) is 49.8 Å². The maximum Gasteiger partial charge on any atom is 0.389 e. The van der Waals surface area contributed by atoms with Gasteiger partial charge >= 0.3 is 6.18 Å². The van der Waals surface area contributed by atoms with Crippen LogP contribution in [0.2, 0.25) is 0 Å². The molecule has 0 atom stereocenters. The average Bonchev–Trinajstić information content (AvgIpc) is 2.85. The second kappa shape index (κ2) is 6.93. The molecule has 2 rings (SSSR count). The Balaban J connectivity index is 1.95. The molecular formula is C13H17F3N4S. The molecule has 0 bridgehead atoms. The van der Waals surface area contributed by atoms with Crippen LogP contribution in [0.15, 0.2) is 11.4 Å². The molecule has 2 aromatic heterocycles. The van der Waals surface area contributed by atoms with Gasteiger partial charge in [-0.3, -0.25) is 0 Å². The Morgan fingerprint density at radius 2 is 2.00 bits per heavy atom. The lowest BCUT2D eigenvalue weighted by atomic mass is 10.2. The number of aromatic nitrogens is 2. The summed E-state index contributed by atoms with van der Waals surface area (Å²) in [6, 6.07) is 1.91. The van der Waals surface area contributed by atoms with Crippen LogP contribution < -0.4 is 10.6 Å². The normalized spacial score (nSPS) is 11.8. The van der Waals surface area contributed by atoms with Gasteiger partial charge in [0.1, 0.15) is 10.6 Å². The van der Waals surface area contributed by atoms with Gasteiger partial charge in [0.05, 0.1) is 5.39 Å². The molecule has 0 amide bonds. The zero-order valence-corrected chi connectivity index (χ0v) is 12.4. The Morgan fingerprint density at radius 3 is 2.71 bits per heavy atom. The predicted molar refractivity (Wildman–Crippen MR) is 80.0 cm³/mol. The van der Waals surface area contributed by atoms with Gasteiger partial charge in [-0.15, -0.1) is 11.3 Å². The van der Waals surface area contributed by atoms with Crippen molar-refractivity contribution in [1.29, 1.82) is 0 Å². The Morgan fingerprint density at radius 1 is 1.19 bits per heavy atom. The number of fused-ring (bicyclic) bond motifs is 1. The maximum atomic E-state index is 12.1. The van der Waals surface area contributed by atoms with E-state index in [1.807, 2.05) is 18.4 Å². The third-order valence-corrected chi connectivity index (χ3v) is 3.65. The van der Waals surface area contributed by atoms with E-state index in [2.05, 4.69) is 20.6 Å². The first-order valence-corrected chi connectivity index (χ1v) is 7.67. The van der Waals surface area contributed by atoms with Crippen molar-refractivity contribution < 1.29 is 13.2 Å². The fourth-order valence-corrected chi connectivity index (χ4v) is 2.65. The van der Waals surface area contributed by atoms with E-state index in [0.29, 0.717) is 31.3 Å². The molecule has 0 aliphatic carbocycles. The Labute approximate surface area is 124 Å². The van der Waals surface area contributed by atoms with Gasteiger partial charge in [-0.1, -0.05) is 0 Å². The summed E-state index contributed by atoms with van der Waals surface area (Å²) in [6.45, 7) is 3.12. The molecule has 0 saturated carbocycles. The summed E-state index contributed by atoms with van der Waals surface area (Å²) in [4.78, 5) is 9.59. The lowest BCUT2D eigenvalue weighted by Crippen LogP contribution is -2.10. The van der Waals surface area contributed by atoms with Crippen molar-refractivity contribution in [3.63, 3.8) is 0 Å². The largest absolute Gasteiger partial charge is 0.389 e. The summed E-state index contributed by atoms with van der Waals surface area (Å²) in [6.07, 6.45) is -4.25. The van der Waals surface area contributed by atoms with Gasteiger partial charge in [0.15, 0.2) is 0 Å². The summed E-state index contributed by atoms with van der Waals surface area (Å²) in [5.74, 6) is 1.20. The van der Waals surface area contributed by atoms with Gasteiger partial charge in [0.2, 0.25) is 5.95 Å². The quantitative estimate of drug-likeness (QED) is 0.749. The summed E-state index contributed by atoms with van der Waals surface area (Å²) in [7, 11) is 0. The van der Waals surface area contributed by atoms with Gasteiger partial charge in [0, 0.05) is 19.5 Å². The van der Waals surface area contributed by atoms with Gasteiger partial charge in [-0.2, -0.15) is 18.2 Å². The molecule has 0 unspecified atom stereocenters. The number of rotatable bonds is 7. The van der Waals surface area contributed by atoms with Crippen LogP contribution in [-0.2, 0) is 0 Å². The summed E-state index contributed by atoms with van der Waals surface area (Å²) in [5, 5.41) is 8.98. The number of anilines is 2. The molecule has 2 N–H and O–H groups in total. The monoisotopic (exact) mass is 318 g/mol. The molecule has 2 aromatic rings. The molecule has 0 saturated heterocycles. The van der Waals surface area contributed by atoms with Gasteiger partial charge < -0.3 is 10.6 Å². The Kier molecular flexibility index (Phi) is 5.22. The summed E-state index contributed by atoms with van der Waals surface area (Å²) < 4.78 is 36.2. The fourth-order valence-electron chi connectivity index (χ4n) is 1.88. The van der Waals surface area contributed by atoms with E-state index >= 15 is 0 Å². The molecule has 0 radical (unpaired) electrons. The van der Waals surface area contributed by atoms with Crippen LogP contribution in [0, 0.1) is 0 Å². The lowest BCUT2D eigenvalue weighted by molar-refractivity contribution is -0.135. The first-order chi connectivity index (χ1) is 9.99. The van der Waals surface area contributed by atoms with Crippen molar-refractivity contribution in [2.24, 2.45) is 0 Å². The van der Waals surface area contributed by atoms with E-state index in [1.165, 1.54) is 11.3 Å². The van der Waals surface area contributed by atoms with E-state index in [-0.39, 0.29) is 6.42 Å². The van der Waals surface area contributed by atoms with Crippen LogP contribution in [0.5, 0.6) is 0 Å². The third-order valence-electron chi connectivity index (χ3n) is 2.84. The standard InChI is InChI=1S/C13H17F3N4S/c1-2-17-12-19-10(9-5-8-21-11(9)20-12)18-7-4-3-6-13(14,15)16/h5,8H,2-4,6-7H2,1H3,(H2,17,18,19,20). The van der Waals surface area contributed by atoms with Crippen LogP contribution in [-0.4, -0.2) is 29.2 Å². The number of hydrogen-bond donors (Lipinski definition) is 2. The first kappa shape index (κ1) is 15.8. The van der Waals surface area contributed by atoms with Crippen molar-refractivity contribution >= 4 is 33.3 Å². The van der Waals surface area contributed by atoms with Crippen LogP contribution in [0.1, 0.15) is 26.2 Å². The van der Waals surface area contributed by atoms with E-state index in [1.54, 1.807) is 0 Å². The number of hydrogen-bond acceptors (Lipinski definition) is 5. The van der Waals surface area contributed by atoms with E-state index in [0.717, 1.165) is 10.2 Å². The molecule has 0 spiro atoms. The highest BCUT2D eigenvalue weighted by atomic mass is 32.1. The second-order valence-electron chi connectivity index (χ2n) is 4.56. The number of unbranched alkanes of at least 4 members (excludes halogenated alkanes) is 1. The maximum absolute atomic E-state index is 12.1. The number of halogens is 3. The minimum absolute atomic E-state index is 0.119. The highest BCUT2D eigenvalue weighted by molar-refractivity contribution is 7.16. The Hall–Kier alpha value is -1.57. The van der Waals surface area contributed by atoms with Crippen molar-refractivity contribution in [2.45, 2.75) is 32.4 Å². The highest BCUT2D eigenvalue weighted by Gasteiger charge is 2.25. The first-order valence-electron chi connectivity index (χ1n) is 6.79. The predicted octanol–water partition coefficient (Wildman–Crippen LogP) is 4.27. The van der Waals surface area contributed by atoms with Crippen molar-refractivity contribution in [3.8, 4) is 0 Å². The van der Waals surface area contributed by atoms with Crippen LogP contribution in [0.25, 0.3) is 10.2 Å². The molecule has 2 heterocycles. The van der Waals surface area contributed by atoms with Gasteiger partial charge in [0.25, 0.3) is 0 Å². The second-order valence-corrected chi connectivity index (χ2v) is 5.46. The number of thiophene rings is 1. The summed E-state index contributed by atoms with van der Waals surface area (Å²) >= 11 is 1.51. The molecule has 0 aliphatic rings. The molecule has 116 valence electrons. The minimum atomic E-state index is -4.08. The molecule has 0 fully saturated rings. The van der Waals surface area contributed by atoms with Crippen LogP contribution >= 0.6 is 11.3 Å². The molecular weight excluding hydrogens is 301 g/mol. The van der Waals surface area contributed by atoms with E-state index in [4.69, 9.17) is 0 Å². The van der Waals surface area contributed by atoms with Crippen LogP contribution in [0.3, 0.4) is 0 Å². The van der Waals surface area contributed by atoms with Crippen molar-refractivity contribution in [1.82, 2.24) is 9.97 Å². The number of nitrogens with one attached hydrogen (secondary N) is 2. The fraction of sp³-hybridized carbons (Fsp3) is 0.538. The molecule has 8 heteroatoms. The molecule has 0 aliphatic heterocycles. The lowest BCUT2D eigenvalue weighted by Gasteiger charge is -2.10. The Bertz CT molecular complexity index is 582. The van der Waals surface area contributed by atoms with Gasteiger partial charge in [-0.25, -0.2) is 4.98 Å².